The molecular formula is C15H24ClNO. The van der Waals surface area contributed by atoms with Gasteiger partial charge in [-0.3, -0.25) is 0 Å². The molecule has 0 aliphatic rings. The maximum atomic E-state index is 6.30. The summed E-state index contributed by atoms with van der Waals surface area (Å²) in [5.74, 6) is 0.824. The van der Waals surface area contributed by atoms with Gasteiger partial charge in [-0.15, -0.1) is 0 Å². The first-order chi connectivity index (χ1) is 8.51. The van der Waals surface area contributed by atoms with Crippen molar-refractivity contribution in [1.82, 2.24) is 0 Å². The van der Waals surface area contributed by atoms with E-state index in [1.165, 1.54) is 11.1 Å². The minimum atomic E-state index is 0.196. The number of nitrogens with two attached hydrogens (primary N) is 1. The number of ether oxygens (including phenoxy) is 1. The van der Waals surface area contributed by atoms with Crippen molar-refractivity contribution in [1.29, 1.82) is 0 Å². The summed E-state index contributed by atoms with van der Waals surface area (Å²) in [6.07, 6.45) is 2.83. The number of halogens is 1. The molecule has 102 valence electrons. The van der Waals surface area contributed by atoms with E-state index in [-0.39, 0.29) is 6.04 Å². The van der Waals surface area contributed by atoms with E-state index in [4.69, 9.17) is 22.1 Å². The van der Waals surface area contributed by atoms with Crippen molar-refractivity contribution >= 4 is 11.6 Å². The van der Waals surface area contributed by atoms with Crippen LogP contribution in [0.15, 0.2) is 6.07 Å². The van der Waals surface area contributed by atoms with Gasteiger partial charge in [0.1, 0.15) is 5.75 Å². The molecule has 3 heteroatoms. The maximum absolute atomic E-state index is 6.30. The summed E-state index contributed by atoms with van der Waals surface area (Å²) in [5.41, 5.74) is 9.63. The fourth-order valence-corrected chi connectivity index (χ4v) is 2.27. The minimum Gasteiger partial charge on any atom is -0.492 e. The van der Waals surface area contributed by atoms with Crippen molar-refractivity contribution in [2.24, 2.45) is 5.73 Å². The Morgan fingerprint density at radius 2 is 1.94 bits per heavy atom. The zero-order chi connectivity index (χ0) is 13.7. The monoisotopic (exact) mass is 269 g/mol. The van der Waals surface area contributed by atoms with E-state index in [0.29, 0.717) is 11.6 Å². The van der Waals surface area contributed by atoms with Gasteiger partial charge in [0.05, 0.1) is 11.6 Å². The van der Waals surface area contributed by atoms with E-state index in [1.807, 2.05) is 6.07 Å². The van der Waals surface area contributed by atoms with Gasteiger partial charge in [0.2, 0.25) is 0 Å². The average molecular weight is 270 g/mol. The molecular weight excluding hydrogens is 246 g/mol. The van der Waals surface area contributed by atoms with Crippen LogP contribution in [-0.2, 0) is 6.42 Å². The zero-order valence-corrected chi connectivity index (χ0v) is 12.6. The second-order valence-corrected chi connectivity index (χ2v) is 5.22. The third-order valence-corrected chi connectivity index (χ3v) is 3.64. The summed E-state index contributed by atoms with van der Waals surface area (Å²) < 4.78 is 5.72. The lowest BCUT2D eigenvalue weighted by molar-refractivity contribution is 0.315. The van der Waals surface area contributed by atoms with Crippen molar-refractivity contribution < 1.29 is 4.74 Å². The van der Waals surface area contributed by atoms with Gasteiger partial charge in [0.15, 0.2) is 0 Å². The Kier molecular flexibility index (Phi) is 5.97. The molecule has 1 rings (SSSR count). The molecule has 1 atom stereocenters. The number of rotatable bonds is 6. The molecule has 0 fully saturated rings. The first-order valence-corrected chi connectivity index (χ1v) is 7.05. The fourth-order valence-electron chi connectivity index (χ4n) is 1.94. The molecule has 0 aliphatic heterocycles. The highest BCUT2D eigenvalue weighted by Crippen LogP contribution is 2.33. The van der Waals surface area contributed by atoms with Crippen molar-refractivity contribution in [2.75, 3.05) is 6.61 Å². The fraction of sp³-hybridized carbons (Fsp3) is 0.600. The Labute approximate surface area is 115 Å². The summed E-state index contributed by atoms with van der Waals surface area (Å²) in [6.45, 7) is 9.07. The van der Waals surface area contributed by atoms with E-state index in [0.717, 1.165) is 30.6 Å². The van der Waals surface area contributed by atoms with Crippen molar-refractivity contribution in [2.45, 2.75) is 53.0 Å². The van der Waals surface area contributed by atoms with Crippen LogP contribution in [0.5, 0.6) is 5.75 Å². The Balaban J connectivity index is 3.03. The van der Waals surface area contributed by atoms with Crippen molar-refractivity contribution in [3.8, 4) is 5.75 Å². The van der Waals surface area contributed by atoms with Gasteiger partial charge in [0.25, 0.3) is 0 Å². The van der Waals surface area contributed by atoms with Gasteiger partial charge in [-0.25, -0.2) is 0 Å². The summed E-state index contributed by atoms with van der Waals surface area (Å²) >= 11 is 6.30. The zero-order valence-electron chi connectivity index (χ0n) is 11.8. The second kappa shape index (κ2) is 7.01. The molecule has 2 nitrogen and oxygen atoms in total. The highest BCUT2D eigenvalue weighted by atomic mass is 35.5. The van der Waals surface area contributed by atoms with Gasteiger partial charge >= 0.3 is 0 Å². The summed E-state index contributed by atoms with van der Waals surface area (Å²) in [5, 5.41) is 0.699. The molecule has 1 aromatic carbocycles. The number of hydrogen-bond donors (Lipinski definition) is 1. The topological polar surface area (TPSA) is 35.2 Å². The lowest BCUT2D eigenvalue weighted by Crippen LogP contribution is -2.22. The molecule has 0 radical (unpaired) electrons. The third kappa shape index (κ3) is 3.63. The number of benzene rings is 1. The molecule has 0 amide bonds. The SMILES string of the molecule is CCCOc1c(Cl)cc(CC(N)CC)c(C)c1C. The molecule has 0 saturated carbocycles. The van der Waals surface area contributed by atoms with Crippen LogP contribution in [-0.4, -0.2) is 12.6 Å². The van der Waals surface area contributed by atoms with E-state index < -0.39 is 0 Å². The van der Waals surface area contributed by atoms with Crippen LogP contribution in [0.2, 0.25) is 5.02 Å². The van der Waals surface area contributed by atoms with Crippen molar-refractivity contribution in [3.63, 3.8) is 0 Å². The minimum absolute atomic E-state index is 0.196. The highest BCUT2D eigenvalue weighted by molar-refractivity contribution is 6.32. The third-order valence-electron chi connectivity index (χ3n) is 3.36. The van der Waals surface area contributed by atoms with Crippen LogP contribution in [0, 0.1) is 13.8 Å². The van der Waals surface area contributed by atoms with Gasteiger partial charge in [0, 0.05) is 6.04 Å². The van der Waals surface area contributed by atoms with Gasteiger partial charge in [-0.1, -0.05) is 25.4 Å². The van der Waals surface area contributed by atoms with Crippen LogP contribution in [0.4, 0.5) is 0 Å². The van der Waals surface area contributed by atoms with E-state index in [2.05, 4.69) is 27.7 Å². The highest BCUT2D eigenvalue weighted by Gasteiger charge is 2.14. The Morgan fingerprint density at radius 3 is 2.50 bits per heavy atom. The molecule has 0 aliphatic carbocycles. The van der Waals surface area contributed by atoms with E-state index >= 15 is 0 Å². The average Bonchev–Trinajstić information content (AvgIpc) is 2.35. The molecule has 0 saturated heterocycles. The van der Waals surface area contributed by atoms with Crippen molar-refractivity contribution in [3.05, 3.63) is 27.8 Å². The molecule has 0 bridgehead atoms. The Hall–Kier alpha value is -0.730. The number of hydrogen-bond acceptors (Lipinski definition) is 2. The van der Waals surface area contributed by atoms with Crippen LogP contribution in [0.1, 0.15) is 43.4 Å². The first-order valence-electron chi connectivity index (χ1n) is 6.68. The smallest absolute Gasteiger partial charge is 0.141 e. The molecule has 0 spiro atoms. The van der Waals surface area contributed by atoms with Crippen LogP contribution in [0.25, 0.3) is 0 Å². The molecule has 1 aromatic rings. The largest absolute Gasteiger partial charge is 0.492 e. The van der Waals surface area contributed by atoms with Gasteiger partial charge in [-0.05, 0) is 55.9 Å². The van der Waals surface area contributed by atoms with Crippen LogP contribution < -0.4 is 10.5 Å². The lowest BCUT2D eigenvalue weighted by Gasteiger charge is -2.18. The molecule has 18 heavy (non-hydrogen) atoms. The standard InChI is InChI=1S/C15H24ClNO/c1-5-7-18-15-11(4)10(3)12(9-14(15)16)8-13(17)6-2/h9,13H,5-8,17H2,1-4H3. The summed E-state index contributed by atoms with van der Waals surface area (Å²) in [4.78, 5) is 0. The first kappa shape index (κ1) is 15.3. The molecule has 2 N–H and O–H groups in total. The summed E-state index contributed by atoms with van der Waals surface area (Å²) in [6, 6.07) is 2.20. The predicted octanol–water partition coefficient (Wildman–Crippen LogP) is 4.03. The van der Waals surface area contributed by atoms with E-state index in [1.54, 1.807) is 0 Å². The van der Waals surface area contributed by atoms with Gasteiger partial charge < -0.3 is 10.5 Å². The molecule has 0 aromatic heterocycles. The molecule has 0 heterocycles. The second-order valence-electron chi connectivity index (χ2n) is 4.82. The Morgan fingerprint density at radius 1 is 1.28 bits per heavy atom. The van der Waals surface area contributed by atoms with E-state index in [9.17, 15) is 0 Å². The molecule has 1 unspecified atom stereocenters. The summed E-state index contributed by atoms with van der Waals surface area (Å²) in [7, 11) is 0. The van der Waals surface area contributed by atoms with Crippen LogP contribution in [0.3, 0.4) is 0 Å². The lowest BCUT2D eigenvalue weighted by atomic mass is 9.96. The van der Waals surface area contributed by atoms with Crippen LogP contribution >= 0.6 is 11.6 Å². The van der Waals surface area contributed by atoms with Gasteiger partial charge in [-0.2, -0.15) is 0 Å². The maximum Gasteiger partial charge on any atom is 0.141 e. The predicted molar refractivity (Wildman–Crippen MR) is 78.7 cm³/mol. The quantitative estimate of drug-likeness (QED) is 0.846. The Bertz CT molecular complexity index is 404. The normalized spacial score (nSPS) is 12.6.